The van der Waals surface area contributed by atoms with Crippen LogP contribution >= 0.6 is 11.6 Å². The molecule has 1 aromatic carbocycles. The van der Waals surface area contributed by atoms with Crippen LogP contribution in [0.4, 0.5) is 4.39 Å². The van der Waals surface area contributed by atoms with E-state index in [0.29, 0.717) is 17.9 Å². The third kappa shape index (κ3) is 4.75. The van der Waals surface area contributed by atoms with E-state index < -0.39 is 6.10 Å². The van der Waals surface area contributed by atoms with Crippen LogP contribution in [0.15, 0.2) is 18.2 Å². The maximum Gasteiger partial charge on any atom is 0.124 e. The van der Waals surface area contributed by atoms with Crippen molar-refractivity contribution in [3.8, 4) is 0 Å². The SMILES string of the molecule is OC(CCC1CCCCO1)Cc1ccc(F)cc1Cl. The second kappa shape index (κ2) is 7.22. The van der Waals surface area contributed by atoms with Crippen LogP contribution in [-0.4, -0.2) is 23.9 Å². The third-order valence-electron chi connectivity index (χ3n) is 3.57. The van der Waals surface area contributed by atoms with Crippen LogP contribution in [0.3, 0.4) is 0 Å². The number of hydrogen-bond donors (Lipinski definition) is 1. The Morgan fingerprint density at radius 1 is 1.42 bits per heavy atom. The summed E-state index contributed by atoms with van der Waals surface area (Å²) in [7, 11) is 0. The molecule has 1 aliphatic rings. The molecule has 1 fully saturated rings. The van der Waals surface area contributed by atoms with Gasteiger partial charge in [-0.2, -0.15) is 0 Å². The lowest BCUT2D eigenvalue weighted by Gasteiger charge is -2.23. The lowest BCUT2D eigenvalue weighted by molar-refractivity contribution is 0.00234. The molecular formula is C15H20ClFO2. The Balaban J connectivity index is 1.78. The second-order valence-electron chi connectivity index (χ2n) is 5.16. The zero-order chi connectivity index (χ0) is 13.7. The lowest BCUT2D eigenvalue weighted by Crippen LogP contribution is -2.21. The third-order valence-corrected chi connectivity index (χ3v) is 3.92. The van der Waals surface area contributed by atoms with Crippen LogP contribution in [0.1, 0.15) is 37.7 Å². The van der Waals surface area contributed by atoms with Gasteiger partial charge in [-0.3, -0.25) is 0 Å². The summed E-state index contributed by atoms with van der Waals surface area (Å²) in [6.07, 6.45) is 5.31. The molecule has 0 aromatic heterocycles. The minimum Gasteiger partial charge on any atom is -0.393 e. The predicted molar refractivity (Wildman–Crippen MR) is 73.9 cm³/mol. The first kappa shape index (κ1) is 14.8. The van der Waals surface area contributed by atoms with Crippen LogP contribution in [0, 0.1) is 5.82 Å². The molecule has 2 unspecified atom stereocenters. The smallest absolute Gasteiger partial charge is 0.124 e. The van der Waals surface area contributed by atoms with Gasteiger partial charge in [-0.25, -0.2) is 4.39 Å². The zero-order valence-electron chi connectivity index (χ0n) is 10.9. The fraction of sp³-hybridized carbons (Fsp3) is 0.600. The molecular weight excluding hydrogens is 267 g/mol. The van der Waals surface area contributed by atoms with Crippen molar-refractivity contribution >= 4 is 11.6 Å². The van der Waals surface area contributed by atoms with Crippen molar-refractivity contribution in [2.24, 2.45) is 0 Å². The van der Waals surface area contributed by atoms with Crippen molar-refractivity contribution in [3.05, 3.63) is 34.6 Å². The summed E-state index contributed by atoms with van der Waals surface area (Å²) in [5.74, 6) is -0.348. The highest BCUT2D eigenvalue weighted by Crippen LogP contribution is 2.22. The molecule has 1 aliphatic heterocycles. The Morgan fingerprint density at radius 3 is 2.95 bits per heavy atom. The number of hydrogen-bond acceptors (Lipinski definition) is 2. The lowest BCUT2D eigenvalue weighted by atomic mass is 9.99. The largest absolute Gasteiger partial charge is 0.393 e. The van der Waals surface area contributed by atoms with Gasteiger partial charge in [0.2, 0.25) is 0 Å². The van der Waals surface area contributed by atoms with Crippen molar-refractivity contribution < 1.29 is 14.2 Å². The summed E-state index contributed by atoms with van der Waals surface area (Å²) in [4.78, 5) is 0. The molecule has 4 heteroatoms. The highest BCUT2D eigenvalue weighted by atomic mass is 35.5. The molecule has 1 N–H and O–H groups in total. The molecule has 106 valence electrons. The van der Waals surface area contributed by atoms with Gasteiger partial charge in [-0.1, -0.05) is 17.7 Å². The van der Waals surface area contributed by atoms with E-state index >= 15 is 0 Å². The van der Waals surface area contributed by atoms with E-state index in [1.165, 1.54) is 18.6 Å². The molecule has 19 heavy (non-hydrogen) atoms. The van der Waals surface area contributed by atoms with E-state index in [1.807, 2.05) is 0 Å². The van der Waals surface area contributed by atoms with Gasteiger partial charge in [-0.15, -0.1) is 0 Å². The van der Waals surface area contributed by atoms with Crippen LogP contribution in [0.5, 0.6) is 0 Å². The maximum atomic E-state index is 12.9. The number of halogens is 2. The highest BCUT2D eigenvalue weighted by molar-refractivity contribution is 6.31. The standard InChI is InChI=1S/C15H20ClFO2/c16-15-10-12(17)5-4-11(15)9-13(18)6-7-14-3-1-2-8-19-14/h4-5,10,13-14,18H,1-3,6-9H2. The van der Waals surface area contributed by atoms with Crippen LogP contribution in [0.25, 0.3) is 0 Å². The average Bonchev–Trinajstić information content (AvgIpc) is 2.41. The molecule has 1 heterocycles. The van der Waals surface area contributed by atoms with E-state index in [4.69, 9.17) is 16.3 Å². The summed E-state index contributed by atoms with van der Waals surface area (Å²) < 4.78 is 18.5. The summed E-state index contributed by atoms with van der Waals surface area (Å²) >= 11 is 5.95. The average molecular weight is 287 g/mol. The van der Waals surface area contributed by atoms with Crippen molar-refractivity contribution in [3.63, 3.8) is 0 Å². The van der Waals surface area contributed by atoms with Crippen molar-refractivity contribution in [1.29, 1.82) is 0 Å². The molecule has 1 saturated heterocycles. The number of aliphatic hydroxyl groups excluding tert-OH is 1. The zero-order valence-corrected chi connectivity index (χ0v) is 11.7. The minimum absolute atomic E-state index is 0.284. The first-order valence-corrected chi connectivity index (χ1v) is 7.26. The van der Waals surface area contributed by atoms with E-state index in [0.717, 1.165) is 31.4 Å². The van der Waals surface area contributed by atoms with Crippen molar-refractivity contribution in [2.45, 2.75) is 50.7 Å². The van der Waals surface area contributed by atoms with Gasteiger partial charge in [0, 0.05) is 11.6 Å². The molecule has 0 saturated carbocycles. The fourth-order valence-electron chi connectivity index (χ4n) is 2.46. The Labute approximate surface area is 118 Å². The van der Waals surface area contributed by atoms with E-state index in [2.05, 4.69) is 0 Å². The highest BCUT2D eigenvalue weighted by Gasteiger charge is 2.16. The number of ether oxygens (including phenoxy) is 1. The molecule has 0 spiro atoms. The molecule has 2 rings (SSSR count). The van der Waals surface area contributed by atoms with Gasteiger partial charge in [0.25, 0.3) is 0 Å². The maximum absolute atomic E-state index is 12.9. The molecule has 2 atom stereocenters. The van der Waals surface area contributed by atoms with Crippen LogP contribution in [0.2, 0.25) is 5.02 Å². The Bertz CT molecular complexity index is 405. The second-order valence-corrected chi connectivity index (χ2v) is 5.57. The first-order valence-electron chi connectivity index (χ1n) is 6.89. The van der Waals surface area contributed by atoms with Gasteiger partial charge < -0.3 is 9.84 Å². The van der Waals surface area contributed by atoms with E-state index in [9.17, 15) is 9.50 Å². The summed E-state index contributed by atoms with van der Waals surface area (Å²) in [6, 6.07) is 4.30. The van der Waals surface area contributed by atoms with Gasteiger partial charge in [0.05, 0.1) is 12.2 Å². The topological polar surface area (TPSA) is 29.5 Å². The quantitative estimate of drug-likeness (QED) is 0.894. The van der Waals surface area contributed by atoms with Crippen LogP contribution in [-0.2, 0) is 11.2 Å². The molecule has 0 aliphatic carbocycles. The molecule has 1 aromatic rings. The van der Waals surface area contributed by atoms with Gasteiger partial charge in [-0.05, 0) is 56.2 Å². The normalized spacial score (nSPS) is 21.3. The van der Waals surface area contributed by atoms with Gasteiger partial charge in [0.15, 0.2) is 0 Å². The fourth-order valence-corrected chi connectivity index (χ4v) is 2.70. The summed E-state index contributed by atoms with van der Waals surface area (Å²) in [5.41, 5.74) is 0.792. The van der Waals surface area contributed by atoms with Crippen LogP contribution < -0.4 is 0 Å². The molecule has 0 amide bonds. The Kier molecular flexibility index (Phi) is 5.61. The Hall–Kier alpha value is -0.640. The number of rotatable bonds is 5. The number of aliphatic hydroxyl groups is 1. The first-order chi connectivity index (χ1) is 9.15. The molecule has 0 bridgehead atoms. The summed E-state index contributed by atoms with van der Waals surface area (Å²) in [6.45, 7) is 0.838. The minimum atomic E-state index is -0.450. The number of benzene rings is 1. The predicted octanol–water partition coefficient (Wildman–Crippen LogP) is 3.73. The molecule has 0 radical (unpaired) electrons. The van der Waals surface area contributed by atoms with Gasteiger partial charge >= 0.3 is 0 Å². The van der Waals surface area contributed by atoms with Gasteiger partial charge in [0.1, 0.15) is 5.82 Å². The summed E-state index contributed by atoms with van der Waals surface area (Å²) in [5, 5.41) is 10.4. The monoisotopic (exact) mass is 286 g/mol. The molecule has 2 nitrogen and oxygen atoms in total. The van der Waals surface area contributed by atoms with Crippen molar-refractivity contribution in [2.75, 3.05) is 6.61 Å². The van der Waals surface area contributed by atoms with E-state index in [-0.39, 0.29) is 11.9 Å². The van der Waals surface area contributed by atoms with E-state index in [1.54, 1.807) is 6.07 Å². The Morgan fingerprint density at radius 2 is 2.26 bits per heavy atom. The van der Waals surface area contributed by atoms with Crippen molar-refractivity contribution in [1.82, 2.24) is 0 Å².